The molecule has 0 atom stereocenters. The summed E-state index contributed by atoms with van der Waals surface area (Å²) in [5.41, 5.74) is -3.31. The summed E-state index contributed by atoms with van der Waals surface area (Å²) < 4.78 is 92.6. The van der Waals surface area contributed by atoms with E-state index in [4.69, 9.17) is 0 Å². The molecule has 2 rings (SSSR count). The van der Waals surface area contributed by atoms with E-state index in [9.17, 15) is 35.5 Å². The van der Waals surface area contributed by atoms with Gasteiger partial charge in [-0.3, -0.25) is 4.79 Å². The lowest BCUT2D eigenvalue weighted by molar-refractivity contribution is -0.137. The number of carbonyl (C=O) groups excluding carboxylic acids is 1. The van der Waals surface area contributed by atoms with Gasteiger partial charge in [-0.2, -0.15) is 22.0 Å². The number of amides is 1. The average Bonchev–Trinajstić information content (AvgIpc) is 2.51. The smallest absolute Gasteiger partial charge is 0.346 e. The zero-order valence-electron chi connectivity index (χ0n) is 12.3. The topological polar surface area (TPSA) is 29.1 Å². The third kappa shape index (κ3) is 4.28. The summed E-state index contributed by atoms with van der Waals surface area (Å²) in [5, 5.41) is 1.64. The van der Waals surface area contributed by atoms with Crippen molar-refractivity contribution in [2.24, 2.45) is 0 Å². The van der Waals surface area contributed by atoms with Crippen LogP contribution in [-0.2, 0) is 12.1 Å². The minimum atomic E-state index is -4.85. The predicted molar refractivity (Wildman–Crippen MR) is 74.0 cm³/mol. The van der Waals surface area contributed by atoms with Crippen LogP contribution in [0.1, 0.15) is 21.5 Å². The quantitative estimate of drug-likeness (QED) is 0.794. The molecule has 0 aliphatic heterocycles. The zero-order chi connectivity index (χ0) is 18.8. The number of nitrogens with one attached hydrogen (secondary N) is 1. The maximum atomic E-state index is 14.0. The lowest BCUT2D eigenvalue weighted by Gasteiger charge is -2.19. The molecule has 0 radical (unpaired) electrons. The Morgan fingerprint density at radius 2 is 1.56 bits per heavy atom. The van der Waals surface area contributed by atoms with E-state index in [1.165, 1.54) is 0 Å². The molecule has 0 aromatic heterocycles. The van der Waals surface area contributed by atoms with Gasteiger partial charge in [-0.05, 0) is 24.3 Å². The Balaban J connectivity index is 2.20. The summed E-state index contributed by atoms with van der Waals surface area (Å²) in [6.45, 7) is -1.46. The Morgan fingerprint density at radius 1 is 0.920 bits per heavy atom. The van der Waals surface area contributed by atoms with Crippen LogP contribution in [0.5, 0.6) is 0 Å². The van der Waals surface area contributed by atoms with Crippen molar-refractivity contribution < 1.29 is 35.5 Å². The third-order valence-electron chi connectivity index (χ3n) is 3.27. The second-order valence-electron chi connectivity index (χ2n) is 5.05. The molecule has 0 heterocycles. The number of hydrogen-bond acceptors (Lipinski definition) is 1. The highest BCUT2D eigenvalue weighted by atomic mass is 19.4. The van der Waals surface area contributed by atoms with Crippen LogP contribution >= 0.6 is 0 Å². The average molecular weight is 365 g/mol. The largest absolute Gasteiger partial charge is 0.417 e. The SMILES string of the molecule is O=C(NCC(F)(F)c1ccc(F)cc1F)c1ccccc1C(F)(F)F. The Kier molecular flexibility index (Phi) is 5.05. The zero-order valence-corrected chi connectivity index (χ0v) is 12.3. The highest BCUT2D eigenvalue weighted by Gasteiger charge is 2.37. The molecule has 0 spiro atoms. The minimum Gasteiger partial charge on any atom is -0.346 e. The highest BCUT2D eigenvalue weighted by molar-refractivity contribution is 5.95. The van der Waals surface area contributed by atoms with Crippen molar-refractivity contribution in [3.8, 4) is 0 Å². The lowest BCUT2D eigenvalue weighted by atomic mass is 10.1. The molecule has 1 amide bonds. The summed E-state index contributed by atoms with van der Waals surface area (Å²) >= 11 is 0. The molecule has 0 aliphatic carbocycles. The first-order valence-corrected chi connectivity index (χ1v) is 6.80. The van der Waals surface area contributed by atoms with Crippen molar-refractivity contribution in [3.63, 3.8) is 0 Å². The molecule has 0 bridgehead atoms. The number of hydrogen-bond donors (Lipinski definition) is 1. The van der Waals surface area contributed by atoms with Crippen molar-refractivity contribution in [2.75, 3.05) is 6.54 Å². The van der Waals surface area contributed by atoms with Gasteiger partial charge in [-0.1, -0.05) is 12.1 Å². The molecule has 2 aromatic rings. The van der Waals surface area contributed by atoms with E-state index in [0.29, 0.717) is 18.2 Å². The van der Waals surface area contributed by atoms with Crippen LogP contribution in [0.4, 0.5) is 30.7 Å². The fraction of sp³-hybridized carbons (Fsp3) is 0.188. The fourth-order valence-electron chi connectivity index (χ4n) is 2.10. The number of alkyl halides is 5. The predicted octanol–water partition coefficient (Wildman–Crippen LogP) is 4.51. The monoisotopic (exact) mass is 365 g/mol. The molecule has 0 unspecified atom stereocenters. The fourth-order valence-corrected chi connectivity index (χ4v) is 2.10. The second kappa shape index (κ2) is 6.73. The van der Waals surface area contributed by atoms with Crippen molar-refractivity contribution in [3.05, 3.63) is 70.8 Å². The minimum absolute atomic E-state index is 0.240. The molecule has 0 fully saturated rings. The molecule has 0 saturated heterocycles. The maximum absolute atomic E-state index is 14.0. The summed E-state index contributed by atoms with van der Waals surface area (Å²) in [5.74, 6) is -7.94. The molecular weight excluding hydrogens is 355 g/mol. The van der Waals surface area contributed by atoms with E-state index < -0.39 is 52.9 Å². The van der Waals surface area contributed by atoms with Gasteiger partial charge in [0.1, 0.15) is 11.6 Å². The molecule has 9 heteroatoms. The van der Waals surface area contributed by atoms with E-state index in [1.807, 2.05) is 0 Å². The van der Waals surface area contributed by atoms with Gasteiger partial charge in [-0.25, -0.2) is 8.78 Å². The van der Waals surface area contributed by atoms with Crippen LogP contribution in [0.25, 0.3) is 0 Å². The molecule has 0 aliphatic rings. The van der Waals surface area contributed by atoms with Gasteiger partial charge in [0.15, 0.2) is 0 Å². The van der Waals surface area contributed by atoms with E-state index >= 15 is 0 Å². The normalized spacial score (nSPS) is 12.1. The maximum Gasteiger partial charge on any atom is 0.417 e. The first-order valence-electron chi connectivity index (χ1n) is 6.80. The van der Waals surface area contributed by atoms with E-state index in [0.717, 1.165) is 18.2 Å². The van der Waals surface area contributed by atoms with Crippen molar-refractivity contribution in [1.29, 1.82) is 0 Å². The van der Waals surface area contributed by atoms with Crippen LogP contribution in [0.15, 0.2) is 42.5 Å². The summed E-state index contributed by atoms with van der Waals surface area (Å²) in [6.07, 6.45) is -4.85. The van der Waals surface area contributed by atoms with Crippen LogP contribution in [-0.4, -0.2) is 12.5 Å². The first-order chi connectivity index (χ1) is 11.5. The number of rotatable bonds is 4. The molecule has 2 aromatic carbocycles. The summed E-state index contributed by atoms with van der Waals surface area (Å²) in [4.78, 5) is 11.8. The molecule has 1 N–H and O–H groups in total. The number of carbonyl (C=O) groups is 1. The lowest BCUT2D eigenvalue weighted by Crippen LogP contribution is -2.36. The Hall–Kier alpha value is -2.58. The van der Waals surface area contributed by atoms with Gasteiger partial charge >= 0.3 is 6.18 Å². The van der Waals surface area contributed by atoms with Gasteiger partial charge in [0.2, 0.25) is 0 Å². The van der Waals surface area contributed by atoms with Crippen LogP contribution in [0, 0.1) is 11.6 Å². The third-order valence-corrected chi connectivity index (χ3v) is 3.27. The van der Waals surface area contributed by atoms with E-state index in [1.54, 1.807) is 5.32 Å². The molecule has 134 valence electrons. The Morgan fingerprint density at radius 3 is 2.16 bits per heavy atom. The summed E-state index contributed by atoms with van der Waals surface area (Å²) in [6, 6.07) is 4.99. The van der Waals surface area contributed by atoms with Crippen molar-refractivity contribution >= 4 is 5.91 Å². The first kappa shape index (κ1) is 18.8. The number of halogens is 7. The molecule has 2 nitrogen and oxygen atoms in total. The van der Waals surface area contributed by atoms with E-state index in [-0.39, 0.29) is 6.07 Å². The summed E-state index contributed by atoms with van der Waals surface area (Å²) in [7, 11) is 0. The van der Waals surface area contributed by atoms with E-state index in [2.05, 4.69) is 0 Å². The highest BCUT2D eigenvalue weighted by Crippen LogP contribution is 2.33. The Bertz CT molecular complexity index is 786. The molecule has 25 heavy (non-hydrogen) atoms. The molecular formula is C16H10F7NO. The van der Waals surface area contributed by atoms with Gasteiger partial charge in [0.05, 0.1) is 23.2 Å². The van der Waals surface area contributed by atoms with Crippen molar-refractivity contribution in [1.82, 2.24) is 5.32 Å². The van der Waals surface area contributed by atoms with Crippen LogP contribution in [0.3, 0.4) is 0 Å². The van der Waals surface area contributed by atoms with Gasteiger partial charge < -0.3 is 5.32 Å². The van der Waals surface area contributed by atoms with Gasteiger partial charge in [-0.15, -0.1) is 0 Å². The standard InChI is InChI=1S/C16H10F7NO/c17-9-5-6-12(13(18)7-9)15(19,20)8-24-14(25)10-3-1-2-4-11(10)16(21,22)23/h1-7H,8H2,(H,24,25). The van der Waals surface area contributed by atoms with Gasteiger partial charge in [0.25, 0.3) is 11.8 Å². The molecule has 0 saturated carbocycles. The van der Waals surface area contributed by atoms with Gasteiger partial charge in [0, 0.05) is 6.07 Å². The number of benzene rings is 2. The van der Waals surface area contributed by atoms with Crippen LogP contribution < -0.4 is 5.32 Å². The second-order valence-corrected chi connectivity index (χ2v) is 5.05. The Labute approximate surface area is 137 Å². The van der Waals surface area contributed by atoms with Crippen molar-refractivity contribution in [2.45, 2.75) is 12.1 Å². The van der Waals surface area contributed by atoms with Crippen LogP contribution in [0.2, 0.25) is 0 Å².